The summed E-state index contributed by atoms with van der Waals surface area (Å²) >= 11 is 1.35. The molecule has 0 saturated heterocycles. The third-order valence-electron chi connectivity index (χ3n) is 2.59. The van der Waals surface area contributed by atoms with Crippen LogP contribution >= 0.6 is 11.3 Å². The van der Waals surface area contributed by atoms with Crippen LogP contribution in [0.25, 0.3) is 6.08 Å². The predicted molar refractivity (Wildman–Crippen MR) is 77.3 cm³/mol. The molecule has 5 nitrogen and oxygen atoms in total. The average Bonchev–Trinajstić information content (AvgIpc) is 2.98. The molecule has 0 spiro atoms. The molecule has 0 fully saturated rings. The molecule has 102 valence electrons. The van der Waals surface area contributed by atoms with Crippen molar-refractivity contribution in [3.05, 3.63) is 62.3 Å². The summed E-state index contributed by atoms with van der Waals surface area (Å²) in [5.41, 5.74) is 0.445. The summed E-state index contributed by atoms with van der Waals surface area (Å²) in [5, 5.41) is 12.7. The van der Waals surface area contributed by atoms with Crippen LogP contribution < -0.4 is 4.74 Å². The fourth-order valence-electron chi connectivity index (χ4n) is 1.63. The van der Waals surface area contributed by atoms with E-state index in [1.165, 1.54) is 36.7 Å². The number of benzene rings is 1. The van der Waals surface area contributed by atoms with Crippen LogP contribution in [-0.2, 0) is 0 Å². The van der Waals surface area contributed by atoms with Gasteiger partial charge in [-0.3, -0.25) is 14.9 Å². The van der Waals surface area contributed by atoms with Crippen molar-refractivity contribution in [2.24, 2.45) is 0 Å². The lowest BCUT2D eigenvalue weighted by Gasteiger charge is -2.01. The quantitative estimate of drug-likeness (QED) is 0.365. The highest BCUT2D eigenvalue weighted by Crippen LogP contribution is 2.28. The predicted octanol–water partition coefficient (Wildman–Crippen LogP) is 3.56. The van der Waals surface area contributed by atoms with E-state index in [1.807, 2.05) is 5.38 Å². The Balaban J connectivity index is 2.24. The number of methoxy groups -OCH3 is 1. The maximum absolute atomic E-state index is 11.8. The lowest BCUT2D eigenvalue weighted by molar-refractivity contribution is -0.385. The van der Waals surface area contributed by atoms with E-state index in [0.29, 0.717) is 10.4 Å². The Bertz CT molecular complexity index is 662. The van der Waals surface area contributed by atoms with Crippen molar-refractivity contribution in [3.8, 4) is 5.75 Å². The molecule has 0 N–H and O–H groups in total. The number of carbonyl (C=O) groups excluding carboxylic acids is 1. The van der Waals surface area contributed by atoms with Crippen LogP contribution in [0.3, 0.4) is 0 Å². The van der Waals surface area contributed by atoms with E-state index in [1.54, 1.807) is 24.3 Å². The lowest BCUT2D eigenvalue weighted by atomic mass is 10.1. The van der Waals surface area contributed by atoms with Crippen molar-refractivity contribution in [3.63, 3.8) is 0 Å². The maximum Gasteiger partial charge on any atom is 0.311 e. The standard InChI is InChI=1S/C14H11NO4S/c1-19-13-7-5-10(9-11(13)15(17)18)4-6-12(16)14-3-2-8-20-14/h2-9H,1H3/b6-4+. The van der Waals surface area contributed by atoms with Gasteiger partial charge in [-0.25, -0.2) is 0 Å². The van der Waals surface area contributed by atoms with Gasteiger partial charge in [0.05, 0.1) is 16.9 Å². The van der Waals surface area contributed by atoms with E-state index in [-0.39, 0.29) is 17.2 Å². The van der Waals surface area contributed by atoms with E-state index in [0.717, 1.165) is 0 Å². The number of allylic oxidation sites excluding steroid dienone is 1. The molecule has 6 heteroatoms. The van der Waals surface area contributed by atoms with Crippen molar-refractivity contribution in [2.45, 2.75) is 0 Å². The normalized spacial score (nSPS) is 10.7. The van der Waals surface area contributed by atoms with Gasteiger partial charge in [-0.15, -0.1) is 11.3 Å². The zero-order chi connectivity index (χ0) is 14.5. The third-order valence-corrected chi connectivity index (χ3v) is 3.48. The second-order valence-electron chi connectivity index (χ2n) is 3.86. The SMILES string of the molecule is COc1ccc(/C=C/C(=O)c2cccs2)cc1[N+](=O)[O-]. The number of nitro benzene ring substituents is 1. The van der Waals surface area contributed by atoms with Crippen molar-refractivity contribution < 1.29 is 14.5 Å². The van der Waals surface area contributed by atoms with E-state index in [9.17, 15) is 14.9 Å². The number of carbonyl (C=O) groups is 1. The smallest absolute Gasteiger partial charge is 0.311 e. The molecule has 1 aromatic heterocycles. The third kappa shape index (κ3) is 3.10. The van der Waals surface area contributed by atoms with Gasteiger partial charge in [0, 0.05) is 6.07 Å². The van der Waals surface area contributed by atoms with Gasteiger partial charge in [-0.1, -0.05) is 18.2 Å². The molecule has 0 atom stereocenters. The minimum atomic E-state index is -0.517. The molecule has 2 aromatic rings. The van der Waals surface area contributed by atoms with Crippen molar-refractivity contribution in [1.82, 2.24) is 0 Å². The number of ether oxygens (including phenoxy) is 1. The van der Waals surface area contributed by atoms with Crippen LogP contribution in [0, 0.1) is 10.1 Å². The highest BCUT2D eigenvalue weighted by Gasteiger charge is 2.14. The first kappa shape index (κ1) is 14.0. The molecule has 1 heterocycles. The number of hydrogen-bond acceptors (Lipinski definition) is 5. The summed E-state index contributed by atoms with van der Waals surface area (Å²) in [6.07, 6.45) is 2.95. The lowest BCUT2D eigenvalue weighted by Crippen LogP contribution is -1.94. The van der Waals surface area contributed by atoms with Crippen LogP contribution in [-0.4, -0.2) is 17.8 Å². The summed E-state index contributed by atoms with van der Waals surface area (Å²) in [5.74, 6) is 0.0650. The molecule has 1 aromatic carbocycles. The van der Waals surface area contributed by atoms with Gasteiger partial charge in [0.2, 0.25) is 0 Å². The van der Waals surface area contributed by atoms with Crippen molar-refractivity contribution in [1.29, 1.82) is 0 Å². The average molecular weight is 289 g/mol. The van der Waals surface area contributed by atoms with Gasteiger partial charge in [-0.2, -0.15) is 0 Å². The first-order valence-corrected chi connectivity index (χ1v) is 6.58. The Morgan fingerprint density at radius 3 is 2.80 bits per heavy atom. The Morgan fingerprint density at radius 2 is 2.20 bits per heavy atom. The number of hydrogen-bond donors (Lipinski definition) is 0. The second kappa shape index (κ2) is 6.12. The van der Waals surface area contributed by atoms with Crippen LogP contribution in [0.2, 0.25) is 0 Å². The molecule has 0 aliphatic heterocycles. The summed E-state index contributed by atoms with van der Waals surface area (Å²) in [6, 6.07) is 8.06. The maximum atomic E-state index is 11.8. The monoisotopic (exact) mass is 289 g/mol. The summed E-state index contributed by atoms with van der Waals surface area (Å²) in [7, 11) is 1.37. The summed E-state index contributed by atoms with van der Waals surface area (Å²) < 4.78 is 4.92. The van der Waals surface area contributed by atoms with E-state index >= 15 is 0 Å². The molecule has 0 unspecified atom stereocenters. The first-order valence-electron chi connectivity index (χ1n) is 5.70. The Kier molecular flexibility index (Phi) is 4.27. The number of nitro groups is 1. The van der Waals surface area contributed by atoms with Crippen LogP contribution in [0.1, 0.15) is 15.2 Å². The van der Waals surface area contributed by atoms with Gasteiger partial charge in [0.25, 0.3) is 0 Å². The molecule has 0 bridgehead atoms. The largest absolute Gasteiger partial charge is 0.490 e. The van der Waals surface area contributed by atoms with Gasteiger partial charge in [0.1, 0.15) is 0 Å². The van der Waals surface area contributed by atoms with E-state index in [2.05, 4.69) is 0 Å². The van der Waals surface area contributed by atoms with Gasteiger partial charge in [-0.05, 0) is 29.2 Å². The second-order valence-corrected chi connectivity index (χ2v) is 4.81. The molecule has 0 amide bonds. The van der Waals surface area contributed by atoms with Crippen LogP contribution in [0.5, 0.6) is 5.75 Å². The van der Waals surface area contributed by atoms with Crippen molar-refractivity contribution in [2.75, 3.05) is 7.11 Å². The Morgan fingerprint density at radius 1 is 1.40 bits per heavy atom. The molecule has 20 heavy (non-hydrogen) atoms. The van der Waals surface area contributed by atoms with E-state index < -0.39 is 4.92 Å². The molecular weight excluding hydrogens is 278 g/mol. The summed E-state index contributed by atoms with van der Waals surface area (Å²) in [4.78, 5) is 22.8. The Hall–Kier alpha value is -2.47. The van der Waals surface area contributed by atoms with E-state index in [4.69, 9.17) is 4.74 Å². The fourth-order valence-corrected chi connectivity index (χ4v) is 2.27. The molecule has 0 radical (unpaired) electrons. The molecule has 2 rings (SSSR count). The molecule has 0 aliphatic carbocycles. The number of thiophene rings is 1. The first-order chi connectivity index (χ1) is 9.61. The number of ketones is 1. The zero-order valence-corrected chi connectivity index (χ0v) is 11.4. The number of rotatable bonds is 5. The summed E-state index contributed by atoms with van der Waals surface area (Å²) in [6.45, 7) is 0. The fraction of sp³-hybridized carbons (Fsp3) is 0.0714. The zero-order valence-electron chi connectivity index (χ0n) is 10.6. The molecule has 0 aliphatic rings. The van der Waals surface area contributed by atoms with Crippen LogP contribution in [0.15, 0.2) is 41.8 Å². The van der Waals surface area contributed by atoms with Gasteiger partial charge < -0.3 is 4.74 Å². The van der Waals surface area contributed by atoms with Crippen LogP contribution in [0.4, 0.5) is 5.69 Å². The van der Waals surface area contributed by atoms with Gasteiger partial charge >= 0.3 is 5.69 Å². The molecule has 0 saturated carbocycles. The van der Waals surface area contributed by atoms with Gasteiger partial charge in [0.15, 0.2) is 11.5 Å². The minimum Gasteiger partial charge on any atom is -0.490 e. The number of nitrogens with zero attached hydrogens (tertiary/aromatic N) is 1. The Labute approximate surface area is 119 Å². The topological polar surface area (TPSA) is 69.4 Å². The molecular formula is C14H11NO4S. The highest BCUT2D eigenvalue weighted by molar-refractivity contribution is 7.12. The minimum absolute atomic E-state index is 0.126. The highest BCUT2D eigenvalue weighted by atomic mass is 32.1. The van der Waals surface area contributed by atoms with Crippen molar-refractivity contribution >= 4 is 28.9 Å².